The van der Waals surface area contributed by atoms with E-state index in [4.69, 9.17) is 9.47 Å². The molecule has 0 radical (unpaired) electrons. The molecule has 1 aliphatic rings. The molecule has 5 heteroatoms. The lowest BCUT2D eigenvalue weighted by atomic mass is 10.0. The molecule has 0 amide bonds. The van der Waals surface area contributed by atoms with Crippen LogP contribution in [0.1, 0.15) is 37.4 Å². The number of aromatic amines is 1. The maximum absolute atomic E-state index is 5.41. The molecule has 1 aromatic carbocycles. The first-order valence-electron chi connectivity index (χ1n) is 7.35. The fourth-order valence-corrected chi connectivity index (χ4v) is 2.58. The predicted molar refractivity (Wildman–Crippen MR) is 80.5 cm³/mol. The first kappa shape index (κ1) is 13.9. The van der Waals surface area contributed by atoms with E-state index in [0.29, 0.717) is 18.9 Å². The summed E-state index contributed by atoms with van der Waals surface area (Å²) in [6, 6.07) is 6.91. The van der Waals surface area contributed by atoms with Gasteiger partial charge in [0.25, 0.3) is 0 Å². The van der Waals surface area contributed by atoms with Gasteiger partial charge < -0.3 is 14.8 Å². The van der Waals surface area contributed by atoms with Crippen LogP contribution in [0.2, 0.25) is 0 Å². The summed E-state index contributed by atoms with van der Waals surface area (Å²) in [6.07, 6.45) is 5.88. The largest absolute Gasteiger partial charge is 0.454 e. The molecule has 0 spiro atoms. The number of aromatic nitrogens is 2. The molecule has 2 N–H and O–H groups in total. The van der Waals surface area contributed by atoms with Gasteiger partial charge in [0.1, 0.15) is 0 Å². The van der Waals surface area contributed by atoms with Crippen LogP contribution in [0, 0.1) is 0 Å². The Morgan fingerprint density at radius 3 is 2.95 bits per heavy atom. The summed E-state index contributed by atoms with van der Waals surface area (Å²) >= 11 is 0. The lowest BCUT2D eigenvalue weighted by Crippen LogP contribution is -2.29. The second-order valence-electron chi connectivity index (χ2n) is 5.55. The second kappa shape index (κ2) is 6.18. The summed E-state index contributed by atoms with van der Waals surface area (Å²) < 4.78 is 10.7. The highest BCUT2D eigenvalue weighted by atomic mass is 16.7. The maximum Gasteiger partial charge on any atom is 0.231 e. The molecule has 2 atom stereocenters. The molecule has 2 aromatic rings. The van der Waals surface area contributed by atoms with Crippen LogP contribution < -0.4 is 14.8 Å². The summed E-state index contributed by atoms with van der Waals surface area (Å²) in [5.41, 5.74) is 2.47. The first-order valence-corrected chi connectivity index (χ1v) is 7.35. The monoisotopic (exact) mass is 287 g/mol. The van der Waals surface area contributed by atoms with Crippen molar-refractivity contribution in [1.29, 1.82) is 0 Å². The molecule has 0 saturated carbocycles. The van der Waals surface area contributed by atoms with Gasteiger partial charge in [-0.1, -0.05) is 6.07 Å². The van der Waals surface area contributed by atoms with Gasteiger partial charge in [-0.2, -0.15) is 5.10 Å². The number of rotatable bonds is 6. The Kier molecular flexibility index (Phi) is 4.10. The highest BCUT2D eigenvalue weighted by molar-refractivity contribution is 5.44. The number of H-pyrrole nitrogens is 1. The molecule has 3 rings (SSSR count). The number of ether oxygens (including phenoxy) is 2. The molecular formula is C16H21N3O2. The fraction of sp³-hybridized carbons (Fsp3) is 0.438. The molecular weight excluding hydrogens is 266 g/mol. The molecule has 21 heavy (non-hydrogen) atoms. The van der Waals surface area contributed by atoms with Crippen LogP contribution in [0.15, 0.2) is 30.6 Å². The standard InChI is InChI=1S/C16H21N3O2/c1-11(19-12(2)14-8-17-18-9-14)3-4-13-5-6-15-16(7-13)21-10-20-15/h5-9,11-12,19H,3-4,10H2,1-2H3,(H,17,18). The molecule has 2 heterocycles. The number of aryl methyl sites for hydroxylation is 1. The van der Waals surface area contributed by atoms with Crippen molar-refractivity contribution in [3.8, 4) is 11.5 Å². The average molecular weight is 287 g/mol. The van der Waals surface area contributed by atoms with Crippen LogP contribution in [0.25, 0.3) is 0 Å². The third-order valence-electron chi connectivity index (χ3n) is 3.86. The van der Waals surface area contributed by atoms with Crippen LogP contribution in [0.5, 0.6) is 11.5 Å². The van der Waals surface area contributed by atoms with Gasteiger partial charge in [0.2, 0.25) is 6.79 Å². The topological polar surface area (TPSA) is 59.2 Å². The molecule has 2 unspecified atom stereocenters. The number of nitrogens with one attached hydrogen (secondary N) is 2. The maximum atomic E-state index is 5.41. The van der Waals surface area contributed by atoms with Crippen LogP contribution in [-0.4, -0.2) is 23.0 Å². The molecule has 5 nitrogen and oxygen atoms in total. The molecule has 1 aliphatic heterocycles. The number of nitrogens with zero attached hydrogens (tertiary/aromatic N) is 1. The summed E-state index contributed by atoms with van der Waals surface area (Å²) in [4.78, 5) is 0. The average Bonchev–Trinajstić information content (AvgIpc) is 3.15. The molecule has 0 fully saturated rings. The Hall–Kier alpha value is -2.01. The van der Waals surface area contributed by atoms with Gasteiger partial charge in [-0.3, -0.25) is 5.10 Å². The van der Waals surface area contributed by atoms with E-state index in [1.807, 2.05) is 18.5 Å². The van der Waals surface area contributed by atoms with E-state index in [9.17, 15) is 0 Å². The Morgan fingerprint density at radius 2 is 2.14 bits per heavy atom. The van der Waals surface area contributed by atoms with Crippen molar-refractivity contribution >= 4 is 0 Å². The van der Waals surface area contributed by atoms with Crippen molar-refractivity contribution in [2.75, 3.05) is 6.79 Å². The van der Waals surface area contributed by atoms with Gasteiger partial charge in [0, 0.05) is 23.8 Å². The van der Waals surface area contributed by atoms with Crippen molar-refractivity contribution in [3.05, 3.63) is 41.7 Å². The molecule has 1 aromatic heterocycles. The van der Waals surface area contributed by atoms with Gasteiger partial charge in [0.05, 0.1) is 6.20 Å². The normalized spacial score (nSPS) is 15.9. The highest BCUT2D eigenvalue weighted by Gasteiger charge is 2.14. The minimum absolute atomic E-state index is 0.301. The van der Waals surface area contributed by atoms with E-state index >= 15 is 0 Å². The van der Waals surface area contributed by atoms with Crippen LogP contribution in [0.3, 0.4) is 0 Å². The number of hydrogen-bond donors (Lipinski definition) is 2. The second-order valence-corrected chi connectivity index (χ2v) is 5.55. The Morgan fingerprint density at radius 1 is 1.29 bits per heavy atom. The molecule has 0 aliphatic carbocycles. The van der Waals surface area contributed by atoms with E-state index in [1.165, 1.54) is 11.1 Å². The van der Waals surface area contributed by atoms with Crippen molar-refractivity contribution in [2.24, 2.45) is 0 Å². The van der Waals surface area contributed by atoms with Crippen molar-refractivity contribution < 1.29 is 9.47 Å². The third kappa shape index (κ3) is 3.36. The number of fused-ring (bicyclic) bond motifs is 1. The lowest BCUT2D eigenvalue weighted by Gasteiger charge is -2.19. The van der Waals surface area contributed by atoms with Gasteiger partial charge in [-0.05, 0) is 44.4 Å². The first-order chi connectivity index (χ1) is 10.2. The summed E-state index contributed by atoms with van der Waals surface area (Å²) in [5.74, 6) is 1.71. The summed E-state index contributed by atoms with van der Waals surface area (Å²) in [6.45, 7) is 4.70. The van der Waals surface area contributed by atoms with E-state index in [1.54, 1.807) is 0 Å². The van der Waals surface area contributed by atoms with Crippen LogP contribution in [-0.2, 0) is 6.42 Å². The van der Waals surface area contributed by atoms with Gasteiger partial charge in [-0.15, -0.1) is 0 Å². The fourth-order valence-electron chi connectivity index (χ4n) is 2.58. The molecule has 0 saturated heterocycles. The summed E-state index contributed by atoms with van der Waals surface area (Å²) in [5, 5.41) is 10.4. The zero-order valence-corrected chi connectivity index (χ0v) is 12.4. The Balaban J connectivity index is 1.50. The van der Waals surface area contributed by atoms with Gasteiger partial charge in [-0.25, -0.2) is 0 Å². The zero-order chi connectivity index (χ0) is 14.7. The number of hydrogen-bond acceptors (Lipinski definition) is 4. The van der Waals surface area contributed by atoms with Gasteiger partial charge in [0.15, 0.2) is 11.5 Å². The quantitative estimate of drug-likeness (QED) is 0.857. The Labute approximate surface area is 124 Å². The highest BCUT2D eigenvalue weighted by Crippen LogP contribution is 2.32. The zero-order valence-electron chi connectivity index (χ0n) is 12.4. The summed E-state index contributed by atoms with van der Waals surface area (Å²) in [7, 11) is 0. The van der Waals surface area contributed by atoms with E-state index < -0.39 is 0 Å². The van der Waals surface area contributed by atoms with E-state index in [2.05, 4.69) is 41.5 Å². The smallest absolute Gasteiger partial charge is 0.231 e. The van der Waals surface area contributed by atoms with Crippen LogP contribution in [0.4, 0.5) is 0 Å². The molecule has 112 valence electrons. The van der Waals surface area contributed by atoms with Crippen molar-refractivity contribution in [3.63, 3.8) is 0 Å². The molecule has 0 bridgehead atoms. The van der Waals surface area contributed by atoms with Crippen LogP contribution >= 0.6 is 0 Å². The predicted octanol–water partition coefficient (Wildman–Crippen LogP) is 2.81. The minimum Gasteiger partial charge on any atom is -0.454 e. The van der Waals surface area contributed by atoms with E-state index in [0.717, 1.165) is 24.3 Å². The van der Waals surface area contributed by atoms with E-state index in [-0.39, 0.29) is 0 Å². The van der Waals surface area contributed by atoms with Crippen molar-refractivity contribution in [1.82, 2.24) is 15.5 Å². The van der Waals surface area contributed by atoms with Crippen molar-refractivity contribution in [2.45, 2.75) is 38.8 Å². The Bertz CT molecular complexity index is 583. The number of benzene rings is 1. The third-order valence-corrected chi connectivity index (χ3v) is 3.86. The minimum atomic E-state index is 0.301. The lowest BCUT2D eigenvalue weighted by molar-refractivity contribution is 0.174. The SMILES string of the molecule is CC(CCc1ccc2c(c1)OCO2)NC(C)c1cn[nH]c1. The van der Waals surface area contributed by atoms with Gasteiger partial charge >= 0.3 is 0 Å².